The fraction of sp³-hybridized carbons (Fsp3) is 0.500. The molecule has 2 atom stereocenters. The van der Waals surface area contributed by atoms with E-state index in [9.17, 15) is 14.9 Å². The first-order chi connectivity index (χ1) is 9.93. The Hall–Kier alpha value is -1.63. The number of rotatable bonds is 3. The summed E-state index contributed by atoms with van der Waals surface area (Å²) in [6.07, 6.45) is 0.917. The predicted octanol–water partition coefficient (Wildman–Crippen LogP) is 2.85. The lowest BCUT2D eigenvalue weighted by atomic mass is 9.98. The number of alkyl halides is 1. The molecule has 6 nitrogen and oxygen atoms in total. The lowest BCUT2D eigenvalue weighted by Gasteiger charge is -2.34. The van der Waals surface area contributed by atoms with Gasteiger partial charge in [-0.2, -0.15) is 0 Å². The predicted molar refractivity (Wildman–Crippen MR) is 82.0 cm³/mol. The number of nitro benzene ring substituents is 1. The van der Waals surface area contributed by atoms with Crippen LogP contribution in [0, 0.1) is 16.0 Å². The topological polar surface area (TPSA) is 72.7 Å². The number of methoxy groups -OCH3 is 1. The highest BCUT2D eigenvalue weighted by Crippen LogP contribution is 2.29. The highest BCUT2D eigenvalue weighted by atomic mass is 79.9. The Bertz CT molecular complexity index is 564. The Morgan fingerprint density at radius 2 is 2.24 bits per heavy atom. The van der Waals surface area contributed by atoms with E-state index >= 15 is 0 Å². The number of carbonyl (C=O) groups is 1. The van der Waals surface area contributed by atoms with Crippen LogP contribution in [0.25, 0.3) is 0 Å². The molecule has 1 saturated heterocycles. The molecule has 0 radical (unpaired) electrons. The van der Waals surface area contributed by atoms with Gasteiger partial charge in [0.1, 0.15) is 0 Å². The minimum atomic E-state index is -0.540. The zero-order chi connectivity index (χ0) is 15.6. The second-order valence-corrected chi connectivity index (χ2v) is 6.35. The van der Waals surface area contributed by atoms with Crippen LogP contribution in [0.15, 0.2) is 18.2 Å². The first-order valence-corrected chi connectivity index (χ1v) is 7.61. The minimum absolute atomic E-state index is 0.155. The van der Waals surface area contributed by atoms with E-state index in [0.717, 1.165) is 6.42 Å². The highest BCUT2D eigenvalue weighted by molar-refractivity contribution is 9.09. The maximum absolute atomic E-state index is 12.5. The average Bonchev–Trinajstić information content (AvgIpc) is 2.48. The smallest absolute Gasteiger partial charge is 0.311 e. The van der Waals surface area contributed by atoms with E-state index in [4.69, 9.17) is 4.74 Å². The summed E-state index contributed by atoms with van der Waals surface area (Å²) >= 11 is 3.57. The third kappa shape index (κ3) is 3.34. The fourth-order valence-electron chi connectivity index (χ4n) is 2.35. The normalized spacial score (nSPS) is 22.0. The Balaban J connectivity index is 2.23. The van der Waals surface area contributed by atoms with Crippen molar-refractivity contribution in [2.45, 2.75) is 18.2 Å². The van der Waals surface area contributed by atoms with Crippen molar-refractivity contribution >= 4 is 27.5 Å². The van der Waals surface area contributed by atoms with Gasteiger partial charge in [0.15, 0.2) is 5.75 Å². The summed E-state index contributed by atoms with van der Waals surface area (Å²) in [4.78, 5) is 24.9. The standard InChI is InChI=1S/C14H17BrN2O4/c1-9-5-6-16(8-11(9)15)14(18)10-3-4-13(21-2)12(7-10)17(19)20/h3-4,7,9,11H,5-6,8H2,1-2H3. The van der Waals surface area contributed by atoms with Gasteiger partial charge in [-0.05, 0) is 24.5 Å². The molecular weight excluding hydrogens is 340 g/mol. The van der Waals surface area contributed by atoms with Crippen molar-refractivity contribution in [2.75, 3.05) is 20.2 Å². The summed E-state index contributed by atoms with van der Waals surface area (Å²) in [5, 5.41) is 11.0. The van der Waals surface area contributed by atoms with Crippen LogP contribution >= 0.6 is 15.9 Å². The number of carbonyl (C=O) groups excluding carboxylic acids is 1. The van der Waals surface area contributed by atoms with Gasteiger partial charge in [-0.1, -0.05) is 22.9 Å². The van der Waals surface area contributed by atoms with Crippen LogP contribution < -0.4 is 4.74 Å². The zero-order valence-electron chi connectivity index (χ0n) is 11.9. The SMILES string of the molecule is COc1ccc(C(=O)N2CCC(C)C(Br)C2)cc1[N+](=O)[O-]. The molecule has 1 aromatic carbocycles. The lowest BCUT2D eigenvalue weighted by molar-refractivity contribution is -0.385. The van der Waals surface area contributed by atoms with Crippen molar-refractivity contribution in [1.29, 1.82) is 0 Å². The summed E-state index contributed by atoms with van der Waals surface area (Å²) in [7, 11) is 1.37. The van der Waals surface area contributed by atoms with E-state index in [1.165, 1.54) is 19.2 Å². The molecule has 1 fully saturated rings. The molecule has 114 valence electrons. The summed E-state index contributed by atoms with van der Waals surface area (Å²) in [5.41, 5.74) is 0.126. The molecule has 0 saturated carbocycles. The van der Waals surface area contributed by atoms with Crippen molar-refractivity contribution in [3.8, 4) is 5.75 Å². The molecule has 2 rings (SSSR count). The molecule has 1 aliphatic heterocycles. The minimum Gasteiger partial charge on any atom is -0.490 e. The second-order valence-electron chi connectivity index (χ2n) is 5.18. The van der Waals surface area contributed by atoms with Crippen molar-refractivity contribution in [3.05, 3.63) is 33.9 Å². The first kappa shape index (κ1) is 15.8. The van der Waals surface area contributed by atoms with Crippen molar-refractivity contribution in [1.82, 2.24) is 4.90 Å². The van der Waals surface area contributed by atoms with Crippen LogP contribution in [0.2, 0.25) is 0 Å². The number of nitrogens with zero attached hydrogens (tertiary/aromatic N) is 2. The maximum atomic E-state index is 12.5. The van der Waals surface area contributed by atoms with Crippen LogP contribution in [0.1, 0.15) is 23.7 Å². The van der Waals surface area contributed by atoms with Gasteiger partial charge >= 0.3 is 5.69 Å². The van der Waals surface area contributed by atoms with Gasteiger partial charge in [0.2, 0.25) is 0 Å². The van der Waals surface area contributed by atoms with Gasteiger partial charge in [0, 0.05) is 29.5 Å². The van der Waals surface area contributed by atoms with Crippen LogP contribution in [-0.4, -0.2) is 40.8 Å². The maximum Gasteiger partial charge on any atom is 0.311 e. The van der Waals surface area contributed by atoms with Gasteiger partial charge in [0.05, 0.1) is 12.0 Å². The number of piperidine rings is 1. The molecular formula is C14H17BrN2O4. The fourth-order valence-corrected chi connectivity index (χ4v) is 2.97. The van der Waals surface area contributed by atoms with Crippen LogP contribution in [-0.2, 0) is 0 Å². The van der Waals surface area contributed by atoms with E-state index < -0.39 is 4.92 Å². The third-order valence-corrected chi connectivity index (χ3v) is 4.97. The monoisotopic (exact) mass is 356 g/mol. The highest BCUT2D eigenvalue weighted by Gasteiger charge is 2.28. The molecule has 2 unspecified atom stereocenters. The van der Waals surface area contributed by atoms with Gasteiger partial charge < -0.3 is 9.64 Å². The average molecular weight is 357 g/mol. The number of amides is 1. The summed E-state index contributed by atoms with van der Waals surface area (Å²) in [6, 6.07) is 4.31. The summed E-state index contributed by atoms with van der Waals surface area (Å²) in [6.45, 7) is 3.42. The molecule has 21 heavy (non-hydrogen) atoms. The van der Waals surface area contributed by atoms with Crippen molar-refractivity contribution in [3.63, 3.8) is 0 Å². The second kappa shape index (κ2) is 6.43. The van der Waals surface area contributed by atoms with Crippen LogP contribution in [0.5, 0.6) is 5.75 Å². The van der Waals surface area contributed by atoms with E-state index in [2.05, 4.69) is 22.9 Å². The van der Waals surface area contributed by atoms with Crippen molar-refractivity contribution < 1.29 is 14.5 Å². The van der Waals surface area contributed by atoms with E-state index in [1.54, 1.807) is 11.0 Å². The Morgan fingerprint density at radius 3 is 2.81 bits per heavy atom. The number of halogens is 1. The molecule has 0 aromatic heterocycles. The Morgan fingerprint density at radius 1 is 1.52 bits per heavy atom. The number of likely N-dealkylation sites (tertiary alicyclic amines) is 1. The summed E-state index contributed by atoms with van der Waals surface area (Å²) < 4.78 is 4.94. The molecule has 1 amide bonds. The van der Waals surface area contributed by atoms with Gasteiger partial charge in [0.25, 0.3) is 5.91 Å². The number of benzene rings is 1. The molecule has 0 bridgehead atoms. The van der Waals surface area contributed by atoms with Gasteiger partial charge in [-0.25, -0.2) is 0 Å². The molecule has 1 heterocycles. The zero-order valence-corrected chi connectivity index (χ0v) is 13.5. The first-order valence-electron chi connectivity index (χ1n) is 6.69. The van der Waals surface area contributed by atoms with E-state index in [0.29, 0.717) is 24.6 Å². The van der Waals surface area contributed by atoms with Gasteiger partial charge in [-0.3, -0.25) is 14.9 Å². The number of ether oxygens (including phenoxy) is 1. The molecule has 0 spiro atoms. The largest absolute Gasteiger partial charge is 0.490 e. The summed E-state index contributed by atoms with van der Waals surface area (Å²) in [5.74, 6) is 0.485. The molecule has 1 aromatic rings. The third-order valence-electron chi connectivity index (χ3n) is 3.78. The number of nitro groups is 1. The quantitative estimate of drug-likeness (QED) is 0.474. The number of hydrogen-bond donors (Lipinski definition) is 0. The molecule has 1 aliphatic rings. The Labute approximate surface area is 131 Å². The van der Waals surface area contributed by atoms with Crippen molar-refractivity contribution in [2.24, 2.45) is 5.92 Å². The molecule has 0 N–H and O–H groups in total. The molecule has 7 heteroatoms. The molecule has 0 aliphatic carbocycles. The van der Waals surface area contributed by atoms with Crippen LogP contribution in [0.4, 0.5) is 5.69 Å². The van der Waals surface area contributed by atoms with E-state index in [1.807, 2.05) is 0 Å². The van der Waals surface area contributed by atoms with Crippen LogP contribution in [0.3, 0.4) is 0 Å². The van der Waals surface area contributed by atoms with E-state index in [-0.39, 0.29) is 22.2 Å². The Kier molecular flexibility index (Phi) is 4.82. The lowest BCUT2D eigenvalue weighted by Crippen LogP contribution is -2.43. The number of hydrogen-bond acceptors (Lipinski definition) is 4. The van der Waals surface area contributed by atoms with Gasteiger partial charge in [-0.15, -0.1) is 0 Å².